The Bertz CT molecular complexity index is 976. The molecule has 2 aliphatic rings. The Kier molecular flexibility index (Phi) is 6.53. The number of amides is 3. The normalized spacial score (nSPS) is 21.4. The lowest BCUT2D eigenvalue weighted by Crippen LogP contribution is -2.60. The summed E-state index contributed by atoms with van der Waals surface area (Å²) >= 11 is 0. The van der Waals surface area contributed by atoms with Crippen LogP contribution in [0.1, 0.15) is 25.3 Å². The maximum absolute atomic E-state index is 13.3. The van der Waals surface area contributed by atoms with Crippen LogP contribution in [-0.2, 0) is 20.8 Å². The number of carbonyl (C=O) groups excluding carboxylic acids is 3. The van der Waals surface area contributed by atoms with Crippen LogP contribution < -0.4 is 0 Å². The predicted molar refractivity (Wildman–Crippen MR) is 121 cm³/mol. The first-order chi connectivity index (χ1) is 15.5. The summed E-state index contributed by atoms with van der Waals surface area (Å²) in [5, 5.41) is 0. The van der Waals surface area contributed by atoms with Gasteiger partial charge < -0.3 is 14.7 Å². The van der Waals surface area contributed by atoms with Gasteiger partial charge >= 0.3 is 0 Å². The molecule has 2 aromatic rings. The van der Waals surface area contributed by atoms with Crippen molar-refractivity contribution in [2.75, 3.05) is 33.2 Å². The van der Waals surface area contributed by atoms with Crippen LogP contribution in [0.2, 0.25) is 0 Å². The summed E-state index contributed by atoms with van der Waals surface area (Å²) < 4.78 is 0. The van der Waals surface area contributed by atoms with E-state index in [0.29, 0.717) is 32.6 Å². The minimum atomic E-state index is -0.534. The van der Waals surface area contributed by atoms with Crippen LogP contribution in [0.5, 0.6) is 0 Å². The number of rotatable bonds is 6. The van der Waals surface area contributed by atoms with Gasteiger partial charge in [0.2, 0.25) is 17.7 Å². The highest BCUT2D eigenvalue weighted by molar-refractivity contribution is 5.93. The topological polar surface area (TPSA) is 73.8 Å². The summed E-state index contributed by atoms with van der Waals surface area (Å²) in [6, 6.07) is 11.5. The number of aromatic nitrogens is 1. The van der Waals surface area contributed by atoms with Gasteiger partial charge in [-0.15, -0.1) is 0 Å². The molecule has 0 N–H and O–H groups in total. The number of hydrogen-bond donors (Lipinski definition) is 0. The van der Waals surface area contributed by atoms with E-state index in [1.165, 1.54) is 0 Å². The van der Waals surface area contributed by atoms with Crippen molar-refractivity contribution >= 4 is 17.7 Å². The molecule has 3 heterocycles. The molecule has 3 amide bonds. The number of likely N-dealkylation sites (tertiary alicyclic amines) is 1. The van der Waals surface area contributed by atoms with Crippen molar-refractivity contribution in [3.05, 3.63) is 54.4 Å². The van der Waals surface area contributed by atoms with Crippen molar-refractivity contribution in [2.24, 2.45) is 5.92 Å². The van der Waals surface area contributed by atoms with Gasteiger partial charge in [-0.2, -0.15) is 0 Å². The lowest BCUT2D eigenvalue weighted by Gasteiger charge is -2.41. The molecule has 0 bridgehead atoms. The van der Waals surface area contributed by atoms with E-state index < -0.39 is 6.04 Å². The Morgan fingerprint density at radius 2 is 1.88 bits per heavy atom. The molecule has 2 unspecified atom stereocenters. The zero-order chi connectivity index (χ0) is 22.7. The summed E-state index contributed by atoms with van der Waals surface area (Å²) in [7, 11) is 1.72. The second-order valence-electron chi connectivity index (χ2n) is 8.69. The van der Waals surface area contributed by atoms with Crippen LogP contribution in [0.3, 0.4) is 0 Å². The van der Waals surface area contributed by atoms with E-state index in [1.54, 1.807) is 23.0 Å². The lowest BCUT2D eigenvalue weighted by atomic mass is 9.96. The number of benzene rings is 1. The van der Waals surface area contributed by atoms with Gasteiger partial charge in [-0.25, -0.2) is 0 Å². The summed E-state index contributed by atoms with van der Waals surface area (Å²) in [6.45, 7) is 4.23. The number of piperazine rings is 1. The predicted octanol–water partition coefficient (Wildman–Crippen LogP) is 2.22. The summed E-state index contributed by atoms with van der Waals surface area (Å²) in [5.74, 6) is -0.458. The molecule has 7 heteroatoms. The second kappa shape index (κ2) is 9.51. The molecule has 0 spiro atoms. The average molecular weight is 435 g/mol. The van der Waals surface area contributed by atoms with Crippen molar-refractivity contribution in [3.63, 3.8) is 0 Å². The van der Waals surface area contributed by atoms with E-state index in [0.717, 1.165) is 23.1 Å². The van der Waals surface area contributed by atoms with Gasteiger partial charge in [0.1, 0.15) is 6.04 Å². The molecule has 0 radical (unpaired) electrons. The van der Waals surface area contributed by atoms with E-state index in [9.17, 15) is 14.4 Å². The van der Waals surface area contributed by atoms with Crippen molar-refractivity contribution in [2.45, 2.75) is 32.2 Å². The first-order valence-electron chi connectivity index (χ1n) is 11.3. The number of carbonyl (C=O) groups is 3. The molecule has 32 heavy (non-hydrogen) atoms. The fourth-order valence-electron chi connectivity index (χ4n) is 4.65. The van der Waals surface area contributed by atoms with Crippen molar-refractivity contribution in [1.29, 1.82) is 0 Å². The van der Waals surface area contributed by atoms with Crippen LogP contribution in [-0.4, -0.2) is 76.7 Å². The number of hydrogen-bond acceptors (Lipinski definition) is 4. The lowest BCUT2D eigenvalue weighted by molar-refractivity contribution is -0.153. The third kappa shape index (κ3) is 4.52. The first kappa shape index (κ1) is 22.0. The Balaban J connectivity index is 1.54. The third-order valence-electron chi connectivity index (χ3n) is 6.43. The first-order valence-corrected chi connectivity index (χ1v) is 11.3. The smallest absolute Gasteiger partial charge is 0.245 e. The highest BCUT2D eigenvalue weighted by atomic mass is 16.2. The standard InChI is InChI=1S/C25H30N4O3/c1-3-11-28-12-13-29(24(31)21-15-23(30)27(2)17-21)22(25(28)32)14-18-6-8-19(9-7-18)20-5-4-10-26-16-20/h4-10,16,21-22H,3,11-15,17H2,1-2H3. The van der Waals surface area contributed by atoms with Crippen molar-refractivity contribution in [1.82, 2.24) is 19.7 Å². The molecular weight excluding hydrogens is 404 g/mol. The van der Waals surface area contributed by atoms with Gasteiger partial charge in [0, 0.05) is 58.5 Å². The fraction of sp³-hybridized carbons (Fsp3) is 0.440. The highest BCUT2D eigenvalue weighted by Crippen LogP contribution is 2.25. The summed E-state index contributed by atoms with van der Waals surface area (Å²) in [5.41, 5.74) is 3.10. The van der Waals surface area contributed by atoms with E-state index >= 15 is 0 Å². The van der Waals surface area contributed by atoms with Crippen LogP contribution in [0.25, 0.3) is 11.1 Å². The Labute approximate surface area is 189 Å². The van der Waals surface area contributed by atoms with Crippen molar-refractivity contribution in [3.8, 4) is 11.1 Å². The Hall–Kier alpha value is -3.22. The fourth-order valence-corrected chi connectivity index (χ4v) is 4.65. The average Bonchev–Trinajstić information content (AvgIpc) is 3.15. The van der Waals surface area contributed by atoms with Crippen LogP contribution >= 0.6 is 0 Å². The highest BCUT2D eigenvalue weighted by Gasteiger charge is 2.42. The maximum atomic E-state index is 13.3. The Morgan fingerprint density at radius 3 is 2.50 bits per heavy atom. The molecule has 168 valence electrons. The molecular formula is C25H30N4O3. The van der Waals surface area contributed by atoms with E-state index in [-0.39, 0.29) is 30.1 Å². The second-order valence-corrected chi connectivity index (χ2v) is 8.69. The number of pyridine rings is 1. The van der Waals surface area contributed by atoms with E-state index in [4.69, 9.17) is 0 Å². The molecule has 0 aliphatic carbocycles. The van der Waals surface area contributed by atoms with Gasteiger partial charge in [0.05, 0.1) is 5.92 Å². The van der Waals surface area contributed by atoms with Crippen molar-refractivity contribution < 1.29 is 14.4 Å². The van der Waals surface area contributed by atoms with Crippen LogP contribution in [0, 0.1) is 5.92 Å². The molecule has 0 saturated carbocycles. The van der Waals surface area contributed by atoms with Gasteiger partial charge in [0.15, 0.2) is 0 Å². The zero-order valence-corrected chi connectivity index (χ0v) is 18.7. The van der Waals surface area contributed by atoms with E-state index in [1.807, 2.05) is 47.5 Å². The SMILES string of the molecule is CCCN1CCN(C(=O)C2CC(=O)N(C)C2)C(Cc2ccc(-c3cccnc3)cc2)C1=O. The Morgan fingerprint density at radius 1 is 1.09 bits per heavy atom. The quantitative estimate of drug-likeness (QED) is 0.699. The largest absolute Gasteiger partial charge is 0.345 e. The minimum absolute atomic E-state index is 0.000430. The summed E-state index contributed by atoms with van der Waals surface area (Å²) in [6.07, 6.45) is 5.15. The van der Waals surface area contributed by atoms with Gasteiger partial charge in [-0.3, -0.25) is 19.4 Å². The maximum Gasteiger partial charge on any atom is 0.245 e. The molecule has 2 fully saturated rings. The molecule has 1 aromatic carbocycles. The molecule has 2 aliphatic heterocycles. The number of nitrogens with zero attached hydrogens (tertiary/aromatic N) is 4. The molecule has 2 atom stereocenters. The van der Waals surface area contributed by atoms with Gasteiger partial charge in [-0.05, 0) is 29.2 Å². The monoisotopic (exact) mass is 434 g/mol. The zero-order valence-electron chi connectivity index (χ0n) is 18.7. The molecule has 4 rings (SSSR count). The molecule has 2 saturated heterocycles. The van der Waals surface area contributed by atoms with Crippen LogP contribution in [0.15, 0.2) is 48.8 Å². The van der Waals surface area contributed by atoms with Gasteiger partial charge in [-0.1, -0.05) is 37.3 Å². The molecule has 1 aromatic heterocycles. The minimum Gasteiger partial charge on any atom is -0.345 e. The molecule has 7 nitrogen and oxygen atoms in total. The van der Waals surface area contributed by atoms with Gasteiger partial charge in [0.25, 0.3) is 0 Å². The van der Waals surface area contributed by atoms with E-state index in [2.05, 4.69) is 11.9 Å². The summed E-state index contributed by atoms with van der Waals surface area (Å²) in [4.78, 5) is 48.0. The third-order valence-corrected chi connectivity index (χ3v) is 6.43. The van der Waals surface area contributed by atoms with Crippen LogP contribution in [0.4, 0.5) is 0 Å².